The number of carbonyl (C=O) groups excluding carboxylic acids is 1. The normalized spacial score (nSPS) is 18.2. The second kappa shape index (κ2) is 5.59. The molecule has 1 aliphatic carbocycles. The topological polar surface area (TPSA) is 42.2 Å². The summed E-state index contributed by atoms with van der Waals surface area (Å²) in [6, 6.07) is 3.45. The van der Waals surface area contributed by atoms with E-state index in [9.17, 15) is 4.79 Å². The van der Waals surface area contributed by atoms with Gasteiger partial charge in [0.25, 0.3) is 5.91 Å². The fourth-order valence-corrected chi connectivity index (χ4v) is 3.21. The van der Waals surface area contributed by atoms with Crippen LogP contribution in [-0.2, 0) is 0 Å². The highest BCUT2D eigenvalue weighted by atomic mass is 16.3. The van der Waals surface area contributed by atoms with E-state index in [1.54, 1.807) is 12.1 Å². The lowest BCUT2D eigenvalue weighted by molar-refractivity contribution is 0.0894. The van der Waals surface area contributed by atoms with E-state index in [0.29, 0.717) is 17.1 Å². The average molecular weight is 249 g/mol. The second-order valence-corrected chi connectivity index (χ2v) is 5.97. The van der Waals surface area contributed by atoms with E-state index in [1.165, 1.54) is 38.4 Å². The summed E-state index contributed by atoms with van der Waals surface area (Å²) in [6.45, 7) is 5.30. The molecule has 100 valence electrons. The van der Waals surface area contributed by atoms with Crippen molar-refractivity contribution in [2.45, 2.75) is 46.0 Å². The van der Waals surface area contributed by atoms with Crippen molar-refractivity contribution in [1.82, 2.24) is 5.32 Å². The summed E-state index contributed by atoms with van der Waals surface area (Å²) in [7, 11) is 0. The summed E-state index contributed by atoms with van der Waals surface area (Å²) in [4.78, 5) is 11.9. The highest BCUT2D eigenvalue weighted by Gasteiger charge is 2.34. The van der Waals surface area contributed by atoms with Gasteiger partial charge in [0.15, 0.2) is 5.76 Å². The molecule has 0 radical (unpaired) electrons. The Morgan fingerprint density at radius 1 is 1.44 bits per heavy atom. The SMILES string of the molecule is CC(C)CC1(CNC(=O)c2ccco2)CCCC1. The van der Waals surface area contributed by atoms with Gasteiger partial charge in [0.05, 0.1) is 6.26 Å². The van der Waals surface area contributed by atoms with Crippen LogP contribution in [-0.4, -0.2) is 12.5 Å². The third kappa shape index (κ3) is 3.15. The molecule has 1 saturated carbocycles. The molecule has 1 aromatic heterocycles. The van der Waals surface area contributed by atoms with Crippen molar-refractivity contribution >= 4 is 5.91 Å². The van der Waals surface area contributed by atoms with E-state index >= 15 is 0 Å². The summed E-state index contributed by atoms with van der Waals surface area (Å²) in [5.41, 5.74) is 0.316. The monoisotopic (exact) mass is 249 g/mol. The summed E-state index contributed by atoms with van der Waals surface area (Å²) in [5.74, 6) is 1.01. The lowest BCUT2D eigenvalue weighted by atomic mass is 9.78. The maximum atomic E-state index is 11.9. The Morgan fingerprint density at radius 3 is 2.72 bits per heavy atom. The summed E-state index contributed by atoms with van der Waals surface area (Å²) >= 11 is 0. The van der Waals surface area contributed by atoms with E-state index in [-0.39, 0.29) is 5.91 Å². The first-order valence-corrected chi connectivity index (χ1v) is 6.93. The minimum absolute atomic E-state index is 0.0879. The predicted molar refractivity (Wildman–Crippen MR) is 71.4 cm³/mol. The minimum atomic E-state index is -0.0879. The molecule has 3 nitrogen and oxygen atoms in total. The van der Waals surface area contributed by atoms with Crippen molar-refractivity contribution in [3.05, 3.63) is 24.2 Å². The van der Waals surface area contributed by atoms with Gasteiger partial charge in [-0.1, -0.05) is 26.7 Å². The van der Waals surface area contributed by atoms with E-state index in [4.69, 9.17) is 4.42 Å². The molecule has 1 heterocycles. The van der Waals surface area contributed by atoms with Crippen molar-refractivity contribution in [2.24, 2.45) is 11.3 Å². The van der Waals surface area contributed by atoms with E-state index in [1.807, 2.05) is 0 Å². The maximum absolute atomic E-state index is 11.9. The number of rotatable bonds is 5. The van der Waals surface area contributed by atoms with Gasteiger partial charge in [-0.3, -0.25) is 4.79 Å². The molecule has 0 saturated heterocycles. The van der Waals surface area contributed by atoms with Crippen LogP contribution in [0, 0.1) is 11.3 Å². The van der Waals surface area contributed by atoms with Gasteiger partial charge in [-0.25, -0.2) is 0 Å². The maximum Gasteiger partial charge on any atom is 0.286 e. The minimum Gasteiger partial charge on any atom is -0.459 e. The first-order valence-electron chi connectivity index (χ1n) is 6.93. The van der Waals surface area contributed by atoms with Gasteiger partial charge in [-0.05, 0) is 42.7 Å². The molecule has 0 spiro atoms. The third-order valence-electron chi connectivity index (χ3n) is 3.87. The Morgan fingerprint density at radius 2 is 2.17 bits per heavy atom. The molecular formula is C15H23NO2. The average Bonchev–Trinajstić information content (AvgIpc) is 2.96. The molecular weight excluding hydrogens is 226 g/mol. The van der Waals surface area contributed by atoms with Gasteiger partial charge in [0.2, 0.25) is 0 Å². The zero-order chi connectivity index (χ0) is 13.0. The summed E-state index contributed by atoms with van der Waals surface area (Å²) < 4.78 is 5.11. The number of hydrogen-bond donors (Lipinski definition) is 1. The van der Waals surface area contributed by atoms with Crippen LogP contribution in [0.5, 0.6) is 0 Å². The smallest absolute Gasteiger partial charge is 0.286 e. The molecule has 1 amide bonds. The second-order valence-electron chi connectivity index (χ2n) is 5.97. The molecule has 2 rings (SSSR count). The Bertz CT molecular complexity index is 375. The van der Waals surface area contributed by atoms with Crippen LogP contribution in [0.25, 0.3) is 0 Å². The third-order valence-corrected chi connectivity index (χ3v) is 3.87. The van der Waals surface area contributed by atoms with Gasteiger partial charge in [-0.15, -0.1) is 0 Å². The molecule has 3 heteroatoms. The van der Waals surface area contributed by atoms with Gasteiger partial charge in [0.1, 0.15) is 0 Å². The lowest BCUT2D eigenvalue weighted by Crippen LogP contribution is -2.36. The van der Waals surface area contributed by atoms with Crippen LogP contribution in [0.1, 0.15) is 56.5 Å². The van der Waals surface area contributed by atoms with E-state index in [0.717, 1.165) is 6.54 Å². The Labute approximate surface area is 109 Å². The summed E-state index contributed by atoms with van der Waals surface area (Å²) in [6.07, 6.45) is 7.81. The fourth-order valence-electron chi connectivity index (χ4n) is 3.21. The molecule has 0 atom stereocenters. The fraction of sp³-hybridized carbons (Fsp3) is 0.667. The standard InChI is InChI=1S/C15H23NO2/c1-12(2)10-15(7-3-4-8-15)11-16-14(17)13-6-5-9-18-13/h5-6,9,12H,3-4,7-8,10-11H2,1-2H3,(H,16,17). The molecule has 18 heavy (non-hydrogen) atoms. The van der Waals surface area contributed by atoms with Crippen molar-refractivity contribution in [3.63, 3.8) is 0 Å². The largest absolute Gasteiger partial charge is 0.459 e. The van der Waals surface area contributed by atoms with Crippen LogP contribution < -0.4 is 5.32 Å². The van der Waals surface area contributed by atoms with E-state index < -0.39 is 0 Å². The van der Waals surface area contributed by atoms with Crippen LogP contribution in [0.2, 0.25) is 0 Å². The highest BCUT2D eigenvalue weighted by molar-refractivity contribution is 5.91. The van der Waals surface area contributed by atoms with Crippen molar-refractivity contribution in [3.8, 4) is 0 Å². The van der Waals surface area contributed by atoms with Gasteiger partial charge in [0, 0.05) is 6.54 Å². The number of furan rings is 1. The van der Waals surface area contributed by atoms with Crippen LogP contribution in [0.3, 0.4) is 0 Å². The zero-order valence-corrected chi connectivity index (χ0v) is 11.4. The number of amides is 1. The van der Waals surface area contributed by atoms with Crippen molar-refractivity contribution < 1.29 is 9.21 Å². The molecule has 1 aliphatic rings. The number of hydrogen-bond acceptors (Lipinski definition) is 2. The predicted octanol–water partition coefficient (Wildman–Crippen LogP) is 3.62. The highest BCUT2D eigenvalue weighted by Crippen LogP contribution is 2.42. The Hall–Kier alpha value is -1.25. The van der Waals surface area contributed by atoms with Crippen molar-refractivity contribution in [1.29, 1.82) is 0 Å². The Balaban J connectivity index is 1.92. The Kier molecular flexibility index (Phi) is 4.10. The molecule has 1 N–H and O–H groups in total. The number of nitrogens with one attached hydrogen (secondary N) is 1. The first-order chi connectivity index (χ1) is 8.61. The summed E-state index contributed by atoms with van der Waals surface area (Å²) in [5, 5.41) is 3.04. The van der Waals surface area contributed by atoms with E-state index in [2.05, 4.69) is 19.2 Å². The van der Waals surface area contributed by atoms with Crippen molar-refractivity contribution in [2.75, 3.05) is 6.54 Å². The lowest BCUT2D eigenvalue weighted by Gasteiger charge is -2.31. The molecule has 0 aliphatic heterocycles. The quantitative estimate of drug-likeness (QED) is 0.866. The van der Waals surface area contributed by atoms with Gasteiger partial charge < -0.3 is 9.73 Å². The molecule has 0 aromatic carbocycles. The van der Waals surface area contributed by atoms with Gasteiger partial charge in [-0.2, -0.15) is 0 Å². The van der Waals surface area contributed by atoms with Gasteiger partial charge >= 0.3 is 0 Å². The molecule has 0 bridgehead atoms. The molecule has 1 fully saturated rings. The number of carbonyl (C=O) groups is 1. The zero-order valence-electron chi connectivity index (χ0n) is 11.4. The molecule has 1 aromatic rings. The van der Waals surface area contributed by atoms with Crippen LogP contribution >= 0.6 is 0 Å². The van der Waals surface area contributed by atoms with Crippen LogP contribution in [0.4, 0.5) is 0 Å². The first kappa shape index (κ1) is 13.2. The van der Waals surface area contributed by atoms with Crippen LogP contribution in [0.15, 0.2) is 22.8 Å². The molecule has 0 unspecified atom stereocenters.